The summed E-state index contributed by atoms with van der Waals surface area (Å²) in [6, 6.07) is 6.36. The highest BCUT2D eigenvalue weighted by Gasteiger charge is 2.10. The van der Waals surface area contributed by atoms with Crippen molar-refractivity contribution in [3.63, 3.8) is 0 Å². The molecule has 0 aliphatic rings. The zero-order chi connectivity index (χ0) is 9.90. The normalized spacial score (nSPS) is 11.5. The molecule has 1 rings (SSSR count). The first-order chi connectivity index (χ1) is 6.10. The standard InChI is InChI=1S/C9H12O3S/c1-2-13(11,12)9-5-3-4-8(6-9)7-10/h3-6,10H,2,7H2,1H3. The average Bonchev–Trinajstić information content (AvgIpc) is 2.18. The lowest BCUT2D eigenvalue weighted by molar-refractivity contribution is 0.281. The molecule has 0 spiro atoms. The molecular weight excluding hydrogens is 188 g/mol. The number of hydrogen-bond acceptors (Lipinski definition) is 3. The van der Waals surface area contributed by atoms with Gasteiger partial charge < -0.3 is 5.11 Å². The van der Waals surface area contributed by atoms with Gasteiger partial charge in [-0.2, -0.15) is 0 Å². The molecule has 72 valence electrons. The minimum absolute atomic E-state index is 0.0852. The summed E-state index contributed by atoms with van der Waals surface area (Å²) in [4.78, 5) is 0.279. The molecule has 0 bridgehead atoms. The maximum atomic E-state index is 11.4. The highest BCUT2D eigenvalue weighted by atomic mass is 32.2. The molecule has 0 fully saturated rings. The van der Waals surface area contributed by atoms with Crippen LogP contribution in [-0.2, 0) is 16.4 Å². The van der Waals surface area contributed by atoms with Crippen LogP contribution < -0.4 is 0 Å². The van der Waals surface area contributed by atoms with Crippen LogP contribution >= 0.6 is 0 Å². The summed E-state index contributed by atoms with van der Waals surface area (Å²) >= 11 is 0. The first kappa shape index (κ1) is 10.2. The average molecular weight is 200 g/mol. The maximum absolute atomic E-state index is 11.4. The third kappa shape index (κ3) is 2.29. The van der Waals surface area contributed by atoms with E-state index in [1.807, 2.05) is 0 Å². The Hall–Kier alpha value is -0.870. The molecule has 3 nitrogen and oxygen atoms in total. The number of rotatable bonds is 3. The molecule has 0 radical (unpaired) electrons. The third-order valence-electron chi connectivity index (χ3n) is 1.82. The Kier molecular flexibility index (Phi) is 3.06. The molecule has 0 unspecified atom stereocenters. The summed E-state index contributed by atoms with van der Waals surface area (Å²) in [5, 5.41) is 8.81. The minimum atomic E-state index is -3.14. The van der Waals surface area contributed by atoms with E-state index in [0.29, 0.717) is 5.56 Å². The van der Waals surface area contributed by atoms with Crippen LogP contribution in [0.25, 0.3) is 0 Å². The highest BCUT2D eigenvalue weighted by Crippen LogP contribution is 2.12. The minimum Gasteiger partial charge on any atom is -0.392 e. The number of sulfone groups is 1. The van der Waals surface area contributed by atoms with Crippen molar-refractivity contribution in [2.75, 3.05) is 5.75 Å². The van der Waals surface area contributed by atoms with E-state index in [0.717, 1.165) is 0 Å². The van der Waals surface area contributed by atoms with Crippen molar-refractivity contribution in [3.8, 4) is 0 Å². The molecule has 4 heteroatoms. The van der Waals surface area contributed by atoms with Gasteiger partial charge in [0.25, 0.3) is 0 Å². The zero-order valence-electron chi connectivity index (χ0n) is 7.40. The Balaban J connectivity index is 3.17. The second-order valence-electron chi connectivity index (χ2n) is 2.71. The van der Waals surface area contributed by atoms with Crippen LogP contribution in [0.2, 0.25) is 0 Å². The first-order valence-corrected chi connectivity index (χ1v) is 5.68. The predicted octanol–water partition coefficient (Wildman–Crippen LogP) is 0.972. The molecule has 0 aliphatic carbocycles. The lowest BCUT2D eigenvalue weighted by Gasteiger charge is -2.02. The van der Waals surface area contributed by atoms with Gasteiger partial charge >= 0.3 is 0 Å². The molecule has 0 atom stereocenters. The fraction of sp³-hybridized carbons (Fsp3) is 0.333. The van der Waals surface area contributed by atoms with Crippen LogP contribution in [-0.4, -0.2) is 19.3 Å². The quantitative estimate of drug-likeness (QED) is 0.791. The van der Waals surface area contributed by atoms with Gasteiger partial charge in [0.2, 0.25) is 0 Å². The number of benzene rings is 1. The van der Waals surface area contributed by atoms with Crippen LogP contribution in [0.4, 0.5) is 0 Å². The van der Waals surface area contributed by atoms with Gasteiger partial charge in [0, 0.05) is 0 Å². The van der Waals surface area contributed by atoms with E-state index < -0.39 is 9.84 Å². The molecule has 0 saturated heterocycles. The van der Waals surface area contributed by atoms with E-state index in [-0.39, 0.29) is 17.3 Å². The van der Waals surface area contributed by atoms with Gasteiger partial charge in [-0.05, 0) is 17.7 Å². The van der Waals surface area contributed by atoms with E-state index in [4.69, 9.17) is 5.11 Å². The van der Waals surface area contributed by atoms with Gasteiger partial charge in [-0.25, -0.2) is 8.42 Å². The Bertz CT molecular complexity index is 382. The summed E-state index contributed by atoms with van der Waals surface area (Å²) in [6.07, 6.45) is 0. The summed E-state index contributed by atoms with van der Waals surface area (Å²) in [6.45, 7) is 1.47. The molecule has 13 heavy (non-hydrogen) atoms. The highest BCUT2D eigenvalue weighted by molar-refractivity contribution is 7.91. The summed E-state index contributed by atoms with van der Waals surface area (Å²) in [5.41, 5.74) is 0.620. The molecule has 0 aromatic heterocycles. The topological polar surface area (TPSA) is 54.4 Å². The monoisotopic (exact) mass is 200 g/mol. The molecular formula is C9H12O3S. The second-order valence-corrected chi connectivity index (χ2v) is 4.99. The Morgan fingerprint density at radius 3 is 2.62 bits per heavy atom. The van der Waals surface area contributed by atoms with Crippen LogP contribution in [0.1, 0.15) is 12.5 Å². The van der Waals surface area contributed by atoms with Crippen molar-refractivity contribution in [1.82, 2.24) is 0 Å². The van der Waals surface area contributed by atoms with Crippen molar-refractivity contribution in [2.45, 2.75) is 18.4 Å². The second kappa shape index (κ2) is 3.89. The number of hydrogen-bond donors (Lipinski definition) is 1. The van der Waals surface area contributed by atoms with Gasteiger partial charge in [-0.15, -0.1) is 0 Å². The van der Waals surface area contributed by atoms with Gasteiger partial charge in [-0.1, -0.05) is 19.1 Å². The van der Waals surface area contributed by atoms with Crippen LogP contribution in [0.15, 0.2) is 29.2 Å². The van der Waals surface area contributed by atoms with E-state index >= 15 is 0 Å². The molecule has 0 saturated carbocycles. The maximum Gasteiger partial charge on any atom is 0.178 e. The van der Waals surface area contributed by atoms with Gasteiger partial charge in [0.05, 0.1) is 17.3 Å². The predicted molar refractivity (Wildman–Crippen MR) is 50.1 cm³/mol. The van der Waals surface area contributed by atoms with Gasteiger partial charge in [0.15, 0.2) is 9.84 Å². The van der Waals surface area contributed by atoms with E-state index in [1.165, 1.54) is 12.1 Å². The largest absolute Gasteiger partial charge is 0.392 e. The molecule has 1 N–H and O–H groups in total. The SMILES string of the molecule is CCS(=O)(=O)c1cccc(CO)c1. The molecule has 0 aliphatic heterocycles. The third-order valence-corrected chi connectivity index (χ3v) is 3.55. The van der Waals surface area contributed by atoms with Crippen LogP contribution in [0.5, 0.6) is 0 Å². The van der Waals surface area contributed by atoms with Crippen LogP contribution in [0, 0.1) is 0 Å². The van der Waals surface area contributed by atoms with Crippen molar-refractivity contribution in [3.05, 3.63) is 29.8 Å². The molecule has 0 amide bonds. The van der Waals surface area contributed by atoms with E-state index in [2.05, 4.69) is 0 Å². The smallest absolute Gasteiger partial charge is 0.178 e. The Morgan fingerprint density at radius 2 is 2.08 bits per heavy atom. The number of aliphatic hydroxyl groups is 1. The van der Waals surface area contributed by atoms with Crippen molar-refractivity contribution >= 4 is 9.84 Å². The first-order valence-electron chi connectivity index (χ1n) is 4.02. The van der Waals surface area contributed by atoms with E-state index in [1.54, 1.807) is 19.1 Å². The zero-order valence-corrected chi connectivity index (χ0v) is 8.21. The summed E-state index contributed by atoms with van der Waals surface area (Å²) < 4.78 is 22.8. The Labute approximate surface area is 77.9 Å². The lowest BCUT2D eigenvalue weighted by Crippen LogP contribution is -2.03. The van der Waals surface area contributed by atoms with Gasteiger partial charge in [0.1, 0.15) is 0 Å². The molecule has 1 aromatic carbocycles. The lowest BCUT2D eigenvalue weighted by atomic mass is 10.2. The molecule has 0 heterocycles. The van der Waals surface area contributed by atoms with Gasteiger partial charge in [-0.3, -0.25) is 0 Å². The fourth-order valence-electron chi connectivity index (χ4n) is 1.00. The summed E-state index contributed by atoms with van der Waals surface area (Å²) in [7, 11) is -3.14. The van der Waals surface area contributed by atoms with Crippen LogP contribution in [0.3, 0.4) is 0 Å². The van der Waals surface area contributed by atoms with Crippen molar-refractivity contribution in [1.29, 1.82) is 0 Å². The van der Waals surface area contributed by atoms with E-state index in [9.17, 15) is 8.42 Å². The Morgan fingerprint density at radius 1 is 1.38 bits per heavy atom. The number of aliphatic hydroxyl groups excluding tert-OH is 1. The van der Waals surface area contributed by atoms with Crippen molar-refractivity contribution < 1.29 is 13.5 Å². The fourth-order valence-corrected chi connectivity index (χ4v) is 1.95. The molecule has 1 aromatic rings. The summed E-state index contributed by atoms with van der Waals surface area (Å²) in [5.74, 6) is 0.0852. The van der Waals surface area contributed by atoms with Crippen molar-refractivity contribution in [2.24, 2.45) is 0 Å².